The molecule has 0 amide bonds. The maximum Gasteiger partial charge on any atom is 0.516 e. The molecule has 1 aromatic carbocycles. The van der Waals surface area contributed by atoms with Crippen LogP contribution in [0, 0.1) is 0 Å². The van der Waals surface area contributed by atoms with Gasteiger partial charge in [0.2, 0.25) is 0 Å². The highest BCUT2D eigenvalue weighted by Crippen LogP contribution is 2.26. The van der Waals surface area contributed by atoms with Crippen LogP contribution in [0.3, 0.4) is 0 Å². The minimum Gasteiger partial charge on any atom is -0.361 e. The summed E-state index contributed by atoms with van der Waals surface area (Å²) in [6.07, 6.45) is 1.60. The first-order valence-corrected chi connectivity index (χ1v) is 5.94. The number of hydrogen-bond acceptors (Lipinski definition) is 2. The van der Waals surface area contributed by atoms with E-state index >= 15 is 0 Å². The van der Waals surface area contributed by atoms with Gasteiger partial charge in [-0.05, 0) is 24.3 Å². The van der Waals surface area contributed by atoms with Crippen LogP contribution >= 0.6 is 0 Å². The summed E-state index contributed by atoms with van der Waals surface area (Å²) in [5, 5.41) is 0.618. The van der Waals surface area contributed by atoms with Crippen molar-refractivity contribution in [1.29, 1.82) is 0 Å². The number of rotatable bonds is 2. The zero-order chi connectivity index (χ0) is 12.7. The molecular formula is C9H7F3N2O2S. The molecule has 0 fully saturated rings. The van der Waals surface area contributed by atoms with Gasteiger partial charge in [-0.2, -0.15) is 21.6 Å². The van der Waals surface area contributed by atoms with E-state index in [0.29, 0.717) is 10.9 Å². The second-order valence-corrected chi connectivity index (χ2v) is 5.00. The average Bonchev–Trinajstić information content (AvgIpc) is 2.62. The summed E-state index contributed by atoms with van der Waals surface area (Å²) in [5.74, 6) is 0. The van der Waals surface area contributed by atoms with E-state index in [1.165, 1.54) is 22.9 Å². The van der Waals surface area contributed by atoms with Crippen LogP contribution in [0.4, 0.5) is 18.9 Å². The molecule has 0 unspecified atom stereocenters. The predicted octanol–water partition coefficient (Wildman–Crippen LogP) is 2.43. The molecule has 0 saturated carbocycles. The van der Waals surface area contributed by atoms with Gasteiger partial charge in [-0.1, -0.05) is 0 Å². The highest BCUT2D eigenvalue weighted by atomic mass is 32.2. The van der Waals surface area contributed by atoms with Gasteiger partial charge in [-0.25, -0.2) is 0 Å². The van der Waals surface area contributed by atoms with Crippen molar-refractivity contribution < 1.29 is 21.6 Å². The average molecular weight is 264 g/mol. The third-order valence-electron chi connectivity index (χ3n) is 2.11. The molecule has 2 N–H and O–H groups in total. The van der Waals surface area contributed by atoms with Crippen LogP contribution in [0.2, 0.25) is 0 Å². The van der Waals surface area contributed by atoms with E-state index in [2.05, 4.69) is 4.98 Å². The Bertz CT molecular complexity index is 646. The van der Waals surface area contributed by atoms with Crippen molar-refractivity contribution in [2.45, 2.75) is 5.51 Å². The van der Waals surface area contributed by atoms with Crippen LogP contribution in [0.25, 0.3) is 10.9 Å². The fraction of sp³-hybridized carbons (Fsp3) is 0.111. The number of nitrogens with one attached hydrogen (secondary N) is 2. The molecule has 0 aliphatic carbocycles. The van der Waals surface area contributed by atoms with Gasteiger partial charge in [0.15, 0.2) is 0 Å². The SMILES string of the molecule is O=S(=O)(Nc1ccc2[nH]ccc2c1)C(F)(F)F. The van der Waals surface area contributed by atoms with Gasteiger partial charge in [-0.15, -0.1) is 0 Å². The Kier molecular flexibility index (Phi) is 2.53. The third kappa shape index (κ3) is 2.21. The van der Waals surface area contributed by atoms with Crippen molar-refractivity contribution >= 4 is 26.6 Å². The maximum atomic E-state index is 12.1. The quantitative estimate of drug-likeness (QED) is 0.875. The van der Waals surface area contributed by atoms with E-state index in [9.17, 15) is 21.6 Å². The number of aromatic amines is 1. The highest BCUT2D eigenvalue weighted by molar-refractivity contribution is 7.93. The van der Waals surface area contributed by atoms with Crippen LogP contribution < -0.4 is 4.72 Å². The summed E-state index contributed by atoms with van der Waals surface area (Å²) in [6.45, 7) is 0. The van der Waals surface area contributed by atoms with Crippen molar-refractivity contribution in [2.24, 2.45) is 0 Å². The van der Waals surface area contributed by atoms with E-state index in [1.54, 1.807) is 12.3 Å². The predicted molar refractivity (Wildman–Crippen MR) is 56.9 cm³/mol. The standard InChI is InChI=1S/C9H7F3N2O2S/c10-9(11,12)17(15,16)14-7-1-2-8-6(5-7)3-4-13-8/h1-5,13-14H. The number of hydrogen-bond donors (Lipinski definition) is 2. The molecule has 4 nitrogen and oxygen atoms in total. The van der Waals surface area contributed by atoms with Crippen LogP contribution in [0.1, 0.15) is 0 Å². The lowest BCUT2D eigenvalue weighted by atomic mass is 10.2. The number of fused-ring (bicyclic) bond motifs is 1. The first kappa shape index (κ1) is 11.8. The smallest absolute Gasteiger partial charge is 0.361 e. The van der Waals surface area contributed by atoms with Crippen LogP contribution in [0.15, 0.2) is 30.5 Å². The second-order valence-electron chi connectivity index (χ2n) is 3.33. The normalized spacial score (nSPS) is 12.9. The number of sulfonamides is 1. The Hall–Kier alpha value is -1.70. The molecule has 0 aliphatic heterocycles. The van der Waals surface area contributed by atoms with Gasteiger partial charge in [0.25, 0.3) is 0 Å². The van der Waals surface area contributed by atoms with Gasteiger partial charge in [0, 0.05) is 22.8 Å². The molecule has 1 aromatic heterocycles. The summed E-state index contributed by atoms with van der Waals surface area (Å²) in [7, 11) is -5.36. The summed E-state index contributed by atoms with van der Waals surface area (Å²) in [4.78, 5) is 2.84. The minimum absolute atomic E-state index is 0.130. The molecule has 2 rings (SSSR count). The van der Waals surface area contributed by atoms with Gasteiger partial charge >= 0.3 is 15.5 Å². The number of anilines is 1. The molecule has 0 aliphatic rings. The number of benzene rings is 1. The lowest BCUT2D eigenvalue weighted by molar-refractivity contribution is -0.0429. The molecule has 0 saturated heterocycles. The highest BCUT2D eigenvalue weighted by Gasteiger charge is 2.46. The van der Waals surface area contributed by atoms with E-state index < -0.39 is 15.5 Å². The Balaban J connectivity index is 2.36. The van der Waals surface area contributed by atoms with Crippen molar-refractivity contribution in [3.8, 4) is 0 Å². The number of halogens is 3. The summed E-state index contributed by atoms with van der Waals surface area (Å²) < 4.78 is 59.5. The van der Waals surface area contributed by atoms with Crippen LogP contribution in [-0.4, -0.2) is 18.9 Å². The lowest BCUT2D eigenvalue weighted by Gasteiger charge is -2.10. The van der Waals surface area contributed by atoms with Crippen LogP contribution in [-0.2, 0) is 10.0 Å². The fourth-order valence-electron chi connectivity index (χ4n) is 1.33. The molecule has 0 atom stereocenters. The molecular weight excluding hydrogens is 257 g/mol. The molecule has 17 heavy (non-hydrogen) atoms. The summed E-state index contributed by atoms with van der Waals surface area (Å²) >= 11 is 0. The minimum atomic E-state index is -5.36. The fourth-order valence-corrected chi connectivity index (χ4v) is 1.88. The molecule has 8 heteroatoms. The Morgan fingerprint density at radius 3 is 2.53 bits per heavy atom. The monoisotopic (exact) mass is 264 g/mol. The van der Waals surface area contributed by atoms with Crippen molar-refractivity contribution in [3.05, 3.63) is 30.5 Å². The van der Waals surface area contributed by atoms with E-state index in [1.807, 2.05) is 0 Å². The molecule has 1 heterocycles. The zero-order valence-electron chi connectivity index (χ0n) is 8.25. The van der Waals surface area contributed by atoms with E-state index in [-0.39, 0.29) is 5.69 Å². The lowest BCUT2D eigenvalue weighted by Crippen LogP contribution is -2.29. The Morgan fingerprint density at radius 1 is 1.18 bits per heavy atom. The van der Waals surface area contributed by atoms with E-state index in [4.69, 9.17) is 0 Å². The number of alkyl halides is 3. The third-order valence-corrected chi connectivity index (χ3v) is 3.22. The second kappa shape index (κ2) is 3.66. The van der Waals surface area contributed by atoms with Gasteiger partial charge in [0.05, 0.1) is 0 Å². The van der Waals surface area contributed by atoms with Crippen molar-refractivity contribution in [2.75, 3.05) is 4.72 Å². The summed E-state index contributed by atoms with van der Waals surface area (Å²) in [6, 6.07) is 5.68. The molecule has 0 radical (unpaired) electrons. The topological polar surface area (TPSA) is 62.0 Å². The van der Waals surface area contributed by atoms with Gasteiger partial charge < -0.3 is 4.98 Å². The van der Waals surface area contributed by atoms with Gasteiger partial charge in [-0.3, -0.25) is 4.72 Å². The zero-order valence-corrected chi connectivity index (χ0v) is 9.06. The van der Waals surface area contributed by atoms with Gasteiger partial charge in [0.1, 0.15) is 0 Å². The first-order valence-electron chi connectivity index (χ1n) is 4.46. The van der Waals surface area contributed by atoms with Crippen LogP contribution in [0.5, 0.6) is 0 Å². The Morgan fingerprint density at radius 2 is 1.88 bits per heavy atom. The largest absolute Gasteiger partial charge is 0.516 e. The van der Waals surface area contributed by atoms with Crippen molar-refractivity contribution in [1.82, 2.24) is 4.98 Å². The molecule has 0 bridgehead atoms. The summed E-state index contributed by atoms with van der Waals surface area (Å²) in [5.41, 5.74) is -4.74. The first-order chi connectivity index (χ1) is 7.79. The molecule has 0 spiro atoms. The van der Waals surface area contributed by atoms with Crippen molar-refractivity contribution in [3.63, 3.8) is 0 Å². The molecule has 2 aromatic rings. The maximum absolute atomic E-state index is 12.1. The Labute approximate surface area is 94.5 Å². The van der Waals surface area contributed by atoms with E-state index in [0.717, 1.165) is 0 Å². The number of aromatic nitrogens is 1. The molecule has 92 valence electrons. The number of H-pyrrole nitrogens is 1.